The van der Waals surface area contributed by atoms with E-state index in [1.165, 1.54) is 18.5 Å². The van der Waals surface area contributed by atoms with E-state index in [-0.39, 0.29) is 12.3 Å². The highest BCUT2D eigenvalue weighted by Crippen LogP contribution is 2.24. The second-order valence-corrected chi connectivity index (χ2v) is 7.24. The lowest BCUT2D eigenvalue weighted by molar-refractivity contribution is 0.0730. The van der Waals surface area contributed by atoms with Crippen LogP contribution in [0.2, 0.25) is 0 Å². The van der Waals surface area contributed by atoms with E-state index in [0.717, 1.165) is 0 Å². The number of carbonyl (C=O) groups excluding carboxylic acids is 1. The van der Waals surface area contributed by atoms with Crippen LogP contribution in [-0.4, -0.2) is 71.5 Å². The van der Waals surface area contributed by atoms with Gasteiger partial charge in [0.25, 0.3) is 5.91 Å². The number of rotatable bonds is 7. The third-order valence-corrected chi connectivity index (χ3v) is 5.53. The van der Waals surface area contributed by atoms with Gasteiger partial charge in [-0.2, -0.15) is 4.31 Å². The zero-order valence-corrected chi connectivity index (χ0v) is 14.6. The van der Waals surface area contributed by atoms with Crippen molar-refractivity contribution in [2.24, 2.45) is 0 Å². The minimum Gasteiger partial charge on any atom is -0.497 e. The molecular weight excluding hydrogens is 336 g/mol. The Morgan fingerprint density at radius 1 is 1.25 bits per heavy atom. The summed E-state index contributed by atoms with van der Waals surface area (Å²) in [6.45, 7) is 1.52. The standard InChI is InChI=1S/C15H22N2O6S/c1-21-12-3-4-13(14(11-12)22-2)15(18)16-5-10-24(19,20)17-6-8-23-9-7-17/h3-4,11H,5-10H2,1-2H3,(H,16,18). The predicted octanol–water partition coefficient (Wildman–Crippen LogP) is 0.0956. The second-order valence-electron chi connectivity index (χ2n) is 5.15. The molecule has 1 aliphatic rings. The summed E-state index contributed by atoms with van der Waals surface area (Å²) in [5.74, 6) is 0.380. The Morgan fingerprint density at radius 3 is 2.58 bits per heavy atom. The molecule has 0 atom stereocenters. The molecule has 1 saturated heterocycles. The van der Waals surface area contributed by atoms with Crippen LogP contribution in [0, 0.1) is 0 Å². The van der Waals surface area contributed by atoms with Crippen LogP contribution in [0.25, 0.3) is 0 Å². The number of carbonyl (C=O) groups is 1. The van der Waals surface area contributed by atoms with Crippen molar-refractivity contribution in [1.82, 2.24) is 9.62 Å². The second kappa shape index (κ2) is 8.32. The maximum absolute atomic E-state index is 12.2. The molecule has 0 spiro atoms. The lowest BCUT2D eigenvalue weighted by Gasteiger charge is -2.26. The topological polar surface area (TPSA) is 94.2 Å². The number of nitrogens with zero attached hydrogens (tertiary/aromatic N) is 1. The van der Waals surface area contributed by atoms with Gasteiger partial charge in [0.05, 0.1) is 38.7 Å². The van der Waals surface area contributed by atoms with Gasteiger partial charge in [0.15, 0.2) is 0 Å². The van der Waals surface area contributed by atoms with Gasteiger partial charge in [0, 0.05) is 25.7 Å². The van der Waals surface area contributed by atoms with Crippen LogP contribution in [0.15, 0.2) is 18.2 Å². The van der Waals surface area contributed by atoms with Crippen LogP contribution in [0.4, 0.5) is 0 Å². The molecule has 1 fully saturated rings. The van der Waals surface area contributed by atoms with Gasteiger partial charge in [-0.15, -0.1) is 0 Å². The third kappa shape index (κ3) is 4.59. The van der Waals surface area contributed by atoms with Crippen molar-refractivity contribution in [1.29, 1.82) is 0 Å². The van der Waals surface area contributed by atoms with E-state index in [2.05, 4.69) is 5.32 Å². The van der Waals surface area contributed by atoms with Crippen molar-refractivity contribution < 1.29 is 27.4 Å². The Morgan fingerprint density at radius 2 is 1.96 bits per heavy atom. The van der Waals surface area contributed by atoms with Gasteiger partial charge < -0.3 is 19.5 Å². The summed E-state index contributed by atoms with van der Waals surface area (Å²) in [5.41, 5.74) is 0.321. The quantitative estimate of drug-likeness (QED) is 0.743. The number of morpholine rings is 1. The minimum absolute atomic E-state index is 0.0215. The number of methoxy groups -OCH3 is 2. The number of sulfonamides is 1. The van der Waals surface area contributed by atoms with Crippen molar-refractivity contribution in [3.05, 3.63) is 23.8 Å². The molecule has 1 aliphatic heterocycles. The van der Waals surface area contributed by atoms with Crippen molar-refractivity contribution in [3.63, 3.8) is 0 Å². The van der Waals surface area contributed by atoms with Crippen molar-refractivity contribution >= 4 is 15.9 Å². The third-order valence-electron chi connectivity index (χ3n) is 3.66. The van der Waals surface area contributed by atoms with E-state index in [1.54, 1.807) is 18.2 Å². The first-order valence-electron chi connectivity index (χ1n) is 7.53. The van der Waals surface area contributed by atoms with E-state index in [4.69, 9.17) is 14.2 Å². The van der Waals surface area contributed by atoms with E-state index in [1.807, 2.05) is 0 Å². The molecule has 0 unspecified atom stereocenters. The summed E-state index contributed by atoms with van der Waals surface area (Å²) in [7, 11) is -0.429. The number of nitrogens with one attached hydrogen (secondary N) is 1. The molecule has 1 N–H and O–H groups in total. The van der Waals surface area contributed by atoms with Crippen molar-refractivity contribution in [3.8, 4) is 11.5 Å². The van der Waals surface area contributed by atoms with Crippen molar-refractivity contribution in [2.75, 3.05) is 52.8 Å². The van der Waals surface area contributed by atoms with E-state index in [9.17, 15) is 13.2 Å². The van der Waals surface area contributed by atoms with Crippen molar-refractivity contribution in [2.45, 2.75) is 0 Å². The highest BCUT2D eigenvalue weighted by Gasteiger charge is 2.24. The molecule has 1 aromatic rings. The smallest absolute Gasteiger partial charge is 0.255 e. The van der Waals surface area contributed by atoms with Crippen LogP contribution in [0.3, 0.4) is 0 Å². The molecule has 8 nitrogen and oxygen atoms in total. The van der Waals surface area contributed by atoms with Gasteiger partial charge in [0.1, 0.15) is 11.5 Å². The van der Waals surface area contributed by atoms with Gasteiger partial charge in [-0.05, 0) is 12.1 Å². The predicted molar refractivity (Wildman–Crippen MR) is 88.1 cm³/mol. The highest BCUT2D eigenvalue weighted by molar-refractivity contribution is 7.89. The van der Waals surface area contributed by atoms with Crippen LogP contribution in [0.1, 0.15) is 10.4 Å². The fraction of sp³-hybridized carbons (Fsp3) is 0.533. The molecule has 0 radical (unpaired) electrons. The fourth-order valence-electron chi connectivity index (χ4n) is 2.33. The van der Waals surface area contributed by atoms with Gasteiger partial charge in [-0.3, -0.25) is 4.79 Å². The molecule has 0 aromatic heterocycles. The number of hydrogen-bond donors (Lipinski definition) is 1. The Balaban J connectivity index is 1.93. The van der Waals surface area contributed by atoms with E-state index >= 15 is 0 Å². The normalized spacial score (nSPS) is 15.8. The average molecular weight is 358 g/mol. The fourth-order valence-corrected chi connectivity index (χ4v) is 3.65. The van der Waals surface area contributed by atoms with Gasteiger partial charge >= 0.3 is 0 Å². The highest BCUT2D eigenvalue weighted by atomic mass is 32.2. The zero-order valence-electron chi connectivity index (χ0n) is 13.8. The minimum atomic E-state index is -3.40. The molecular formula is C15H22N2O6S. The summed E-state index contributed by atoms with van der Waals surface area (Å²) in [4.78, 5) is 12.2. The van der Waals surface area contributed by atoms with Crippen LogP contribution in [-0.2, 0) is 14.8 Å². The number of amides is 1. The monoisotopic (exact) mass is 358 g/mol. The van der Waals surface area contributed by atoms with E-state index < -0.39 is 15.9 Å². The van der Waals surface area contributed by atoms with Crippen LogP contribution in [0.5, 0.6) is 11.5 Å². The maximum Gasteiger partial charge on any atom is 0.255 e. The van der Waals surface area contributed by atoms with Crippen LogP contribution < -0.4 is 14.8 Å². The molecule has 134 valence electrons. The number of ether oxygens (including phenoxy) is 3. The summed E-state index contributed by atoms with van der Waals surface area (Å²) >= 11 is 0. The summed E-state index contributed by atoms with van der Waals surface area (Å²) in [6, 6.07) is 4.81. The van der Waals surface area contributed by atoms with E-state index in [0.29, 0.717) is 43.4 Å². The Labute approximate surface area is 141 Å². The SMILES string of the molecule is COc1ccc(C(=O)NCCS(=O)(=O)N2CCOCC2)c(OC)c1. The molecule has 1 heterocycles. The summed E-state index contributed by atoms with van der Waals surface area (Å²) < 4.78 is 41.1. The first-order chi connectivity index (χ1) is 11.5. The average Bonchev–Trinajstić information content (AvgIpc) is 2.61. The molecule has 0 saturated carbocycles. The Bertz CT molecular complexity index is 671. The molecule has 2 rings (SSSR count). The lowest BCUT2D eigenvalue weighted by atomic mass is 10.2. The molecule has 0 aliphatic carbocycles. The largest absolute Gasteiger partial charge is 0.497 e. The summed E-state index contributed by atoms with van der Waals surface area (Å²) in [5, 5.41) is 2.61. The molecule has 0 bridgehead atoms. The number of hydrogen-bond acceptors (Lipinski definition) is 6. The molecule has 9 heteroatoms. The lowest BCUT2D eigenvalue weighted by Crippen LogP contribution is -2.43. The first-order valence-corrected chi connectivity index (χ1v) is 9.14. The Kier molecular flexibility index (Phi) is 6.41. The van der Waals surface area contributed by atoms with Crippen LogP contribution >= 0.6 is 0 Å². The first kappa shape index (κ1) is 18.5. The van der Waals surface area contributed by atoms with Gasteiger partial charge in [0.2, 0.25) is 10.0 Å². The van der Waals surface area contributed by atoms with Gasteiger partial charge in [-0.25, -0.2) is 8.42 Å². The molecule has 1 aromatic carbocycles. The molecule has 24 heavy (non-hydrogen) atoms. The number of benzene rings is 1. The Hall–Kier alpha value is -1.84. The maximum atomic E-state index is 12.2. The molecule has 1 amide bonds. The zero-order chi connectivity index (χ0) is 17.6. The summed E-state index contributed by atoms with van der Waals surface area (Å²) in [6.07, 6.45) is 0. The van der Waals surface area contributed by atoms with Gasteiger partial charge in [-0.1, -0.05) is 0 Å².